The molecule has 3 aromatic rings. The highest BCUT2D eigenvalue weighted by Crippen LogP contribution is 2.31. The zero-order chi connectivity index (χ0) is 17.9. The van der Waals surface area contributed by atoms with E-state index >= 15 is 0 Å². The van der Waals surface area contributed by atoms with Crippen LogP contribution in [-0.2, 0) is 6.42 Å². The molecule has 0 aliphatic carbocycles. The van der Waals surface area contributed by atoms with Crippen LogP contribution in [0, 0.1) is 12.7 Å². The maximum absolute atomic E-state index is 13.0. The fourth-order valence-corrected chi connectivity index (χ4v) is 4.18. The largest absolute Gasteiger partial charge is 0.420 e. The summed E-state index contributed by atoms with van der Waals surface area (Å²) in [4.78, 5) is 4.74. The summed E-state index contributed by atoms with van der Waals surface area (Å²) in [6.07, 6.45) is 3.02. The van der Waals surface area contributed by atoms with Gasteiger partial charge in [0.2, 0.25) is 5.89 Å². The molecule has 0 atom stereocenters. The second-order valence-electron chi connectivity index (χ2n) is 6.85. The molecule has 1 fully saturated rings. The molecular weight excluding hydrogens is 349 g/mol. The summed E-state index contributed by atoms with van der Waals surface area (Å²) in [5, 5.41) is 8.51. The summed E-state index contributed by atoms with van der Waals surface area (Å²) >= 11 is 1.68. The summed E-state index contributed by atoms with van der Waals surface area (Å²) in [5.74, 6) is 1.58. The van der Waals surface area contributed by atoms with E-state index in [1.807, 2.05) is 18.2 Å². The molecule has 0 N–H and O–H groups in total. The van der Waals surface area contributed by atoms with Crippen molar-refractivity contribution in [2.75, 3.05) is 19.6 Å². The molecule has 0 bridgehead atoms. The lowest BCUT2D eigenvalue weighted by Crippen LogP contribution is -2.34. The van der Waals surface area contributed by atoms with Gasteiger partial charge in [0.15, 0.2) is 0 Å². The van der Waals surface area contributed by atoms with E-state index in [-0.39, 0.29) is 5.82 Å². The van der Waals surface area contributed by atoms with E-state index in [4.69, 9.17) is 4.42 Å². The van der Waals surface area contributed by atoms with Crippen molar-refractivity contribution in [3.63, 3.8) is 0 Å². The third-order valence-corrected chi connectivity index (χ3v) is 5.95. The second-order valence-corrected chi connectivity index (χ2v) is 8.14. The number of likely N-dealkylation sites (tertiary alicyclic amines) is 1. The average molecular weight is 371 g/mol. The first-order chi connectivity index (χ1) is 12.7. The molecule has 1 saturated heterocycles. The molecule has 0 unspecified atom stereocenters. The van der Waals surface area contributed by atoms with Crippen LogP contribution < -0.4 is 0 Å². The molecule has 136 valence electrons. The molecule has 26 heavy (non-hydrogen) atoms. The maximum Gasteiger partial charge on any atom is 0.257 e. The quantitative estimate of drug-likeness (QED) is 0.654. The van der Waals surface area contributed by atoms with Crippen LogP contribution in [0.2, 0.25) is 0 Å². The van der Waals surface area contributed by atoms with Gasteiger partial charge in [0.25, 0.3) is 5.89 Å². The second kappa shape index (κ2) is 7.68. The number of benzene rings is 1. The standard InChI is InChI=1S/C20H22FN3OS/c1-14-2-7-18(26-14)20-23-22-19(25-20)16-9-12-24(13-10-16)11-8-15-3-5-17(21)6-4-15/h2-7,16H,8-13H2,1H3. The highest BCUT2D eigenvalue weighted by Gasteiger charge is 2.25. The van der Waals surface area contributed by atoms with Crippen molar-refractivity contribution in [3.05, 3.63) is 58.5 Å². The number of piperidine rings is 1. The van der Waals surface area contributed by atoms with Gasteiger partial charge in [0, 0.05) is 17.3 Å². The van der Waals surface area contributed by atoms with Gasteiger partial charge in [-0.2, -0.15) is 0 Å². The van der Waals surface area contributed by atoms with Gasteiger partial charge >= 0.3 is 0 Å². The highest BCUT2D eigenvalue weighted by molar-refractivity contribution is 7.15. The number of nitrogens with zero attached hydrogens (tertiary/aromatic N) is 3. The number of hydrogen-bond donors (Lipinski definition) is 0. The summed E-state index contributed by atoms with van der Waals surface area (Å²) in [6.45, 7) is 5.14. The minimum Gasteiger partial charge on any atom is -0.420 e. The van der Waals surface area contributed by atoms with Crippen LogP contribution in [0.15, 0.2) is 40.8 Å². The molecule has 3 heterocycles. The Kier molecular flexibility index (Phi) is 5.13. The van der Waals surface area contributed by atoms with Crippen molar-refractivity contribution in [1.82, 2.24) is 15.1 Å². The first kappa shape index (κ1) is 17.4. The van der Waals surface area contributed by atoms with Gasteiger partial charge < -0.3 is 9.32 Å². The van der Waals surface area contributed by atoms with E-state index in [2.05, 4.69) is 28.1 Å². The molecule has 1 aromatic carbocycles. The lowest BCUT2D eigenvalue weighted by Gasteiger charge is -2.30. The molecule has 6 heteroatoms. The van der Waals surface area contributed by atoms with Gasteiger partial charge in [-0.05, 0) is 69.1 Å². The van der Waals surface area contributed by atoms with Crippen LogP contribution in [0.25, 0.3) is 10.8 Å². The zero-order valence-corrected chi connectivity index (χ0v) is 15.6. The maximum atomic E-state index is 13.0. The van der Waals surface area contributed by atoms with Crippen LogP contribution >= 0.6 is 11.3 Å². The van der Waals surface area contributed by atoms with Gasteiger partial charge in [-0.25, -0.2) is 4.39 Å². The Morgan fingerprint density at radius 3 is 2.58 bits per heavy atom. The van der Waals surface area contributed by atoms with Crippen molar-refractivity contribution in [2.45, 2.75) is 32.1 Å². The number of halogens is 1. The van der Waals surface area contributed by atoms with Crippen molar-refractivity contribution in [3.8, 4) is 10.8 Å². The van der Waals surface area contributed by atoms with Crippen molar-refractivity contribution < 1.29 is 8.81 Å². The van der Waals surface area contributed by atoms with Gasteiger partial charge in [0.1, 0.15) is 5.82 Å². The molecule has 2 aromatic heterocycles. The Morgan fingerprint density at radius 1 is 1.12 bits per heavy atom. The van der Waals surface area contributed by atoms with Crippen LogP contribution in [0.5, 0.6) is 0 Å². The first-order valence-corrected chi connectivity index (χ1v) is 9.86. The van der Waals surface area contributed by atoms with Crippen molar-refractivity contribution in [2.24, 2.45) is 0 Å². The number of rotatable bonds is 5. The molecule has 1 aliphatic rings. The topological polar surface area (TPSA) is 42.2 Å². The van der Waals surface area contributed by atoms with Gasteiger partial charge in [0.05, 0.1) is 4.88 Å². The number of hydrogen-bond acceptors (Lipinski definition) is 5. The SMILES string of the molecule is Cc1ccc(-c2nnc(C3CCN(CCc4ccc(F)cc4)CC3)o2)s1. The Labute approximate surface area is 156 Å². The lowest BCUT2D eigenvalue weighted by atomic mass is 9.96. The Hall–Kier alpha value is -2.05. The molecule has 4 rings (SSSR count). The minimum atomic E-state index is -0.175. The predicted molar refractivity (Wildman–Crippen MR) is 101 cm³/mol. The molecule has 4 nitrogen and oxygen atoms in total. The Balaban J connectivity index is 1.29. The van der Waals surface area contributed by atoms with E-state index in [0.29, 0.717) is 11.8 Å². The molecule has 0 saturated carbocycles. The number of aromatic nitrogens is 2. The first-order valence-electron chi connectivity index (χ1n) is 9.04. The monoisotopic (exact) mass is 371 g/mol. The van der Waals surface area contributed by atoms with E-state index in [1.54, 1.807) is 11.3 Å². The number of thiophene rings is 1. The van der Waals surface area contributed by atoms with E-state index in [1.165, 1.54) is 22.6 Å². The minimum absolute atomic E-state index is 0.175. The Morgan fingerprint density at radius 2 is 1.88 bits per heavy atom. The van der Waals surface area contributed by atoms with Crippen molar-refractivity contribution >= 4 is 11.3 Å². The fourth-order valence-electron chi connectivity index (χ4n) is 3.39. The zero-order valence-electron chi connectivity index (χ0n) is 14.8. The summed E-state index contributed by atoms with van der Waals surface area (Å²) in [7, 11) is 0. The molecule has 0 spiro atoms. The van der Waals surface area contributed by atoms with Crippen LogP contribution in [0.4, 0.5) is 4.39 Å². The summed E-state index contributed by atoms with van der Waals surface area (Å²) < 4.78 is 18.9. The summed E-state index contributed by atoms with van der Waals surface area (Å²) in [5.41, 5.74) is 1.18. The van der Waals surface area contributed by atoms with Gasteiger partial charge in [-0.3, -0.25) is 0 Å². The van der Waals surface area contributed by atoms with Gasteiger partial charge in [-0.15, -0.1) is 21.5 Å². The molecular formula is C20H22FN3OS. The van der Waals surface area contributed by atoms with Gasteiger partial charge in [-0.1, -0.05) is 12.1 Å². The van der Waals surface area contributed by atoms with Crippen molar-refractivity contribution in [1.29, 1.82) is 0 Å². The van der Waals surface area contributed by atoms with E-state index < -0.39 is 0 Å². The van der Waals surface area contributed by atoms with Crippen LogP contribution in [0.1, 0.15) is 35.1 Å². The molecule has 0 amide bonds. The summed E-state index contributed by atoms with van der Waals surface area (Å²) in [6, 6.07) is 10.9. The predicted octanol–water partition coefficient (Wildman–Crippen LogP) is 4.67. The molecule has 0 radical (unpaired) electrons. The third kappa shape index (κ3) is 4.02. The normalized spacial score (nSPS) is 16.2. The third-order valence-electron chi connectivity index (χ3n) is 4.96. The van der Waals surface area contributed by atoms with Crippen LogP contribution in [0.3, 0.4) is 0 Å². The number of aryl methyl sites for hydroxylation is 1. The Bertz CT molecular complexity index is 850. The average Bonchev–Trinajstić information content (AvgIpc) is 3.31. The van der Waals surface area contributed by atoms with E-state index in [0.717, 1.165) is 49.7 Å². The van der Waals surface area contributed by atoms with E-state index in [9.17, 15) is 4.39 Å². The van der Waals surface area contributed by atoms with Crippen LogP contribution in [-0.4, -0.2) is 34.7 Å². The fraction of sp³-hybridized carbons (Fsp3) is 0.400. The highest BCUT2D eigenvalue weighted by atomic mass is 32.1. The lowest BCUT2D eigenvalue weighted by molar-refractivity contribution is 0.202. The smallest absolute Gasteiger partial charge is 0.257 e. The molecule has 1 aliphatic heterocycles.